The van der Waals surface area contributed by atoms with Gasteiger partial charge in [0.1, 0.15) is 0 Å². The lowest BCUT2D eigenvalue weighted by molar-refractivity contribution is 0.157. The normalized spacial score (nSPS) is 19.3. The molecule has 0 radical (unpaired) electrons. The highest BCUT2D eigenvalue weighted by Crippen LogP contribution is 2.16. The summed E-state index contributed by atoms with van der Waals surface area (Å²) < 4.78 is 17.4. The largest absolute Gasteiger partial charge is 0.384 e. The average molecular weight is 451 g/mol. The summed E-state index contributed by atoms with van der Waals surface area (Å²) in [4.78, 5) is 7.45. The van der Waals surface area contributed by atoms with Crippen molar-refractivity contribution < 1.29 is 8.95 Å². The molecule has 2 unspecified atom stereocenters. The Hall–Kier alpha value is -0.670. The number of hydrogen-bond acceptors (Lipinski definition) is 3. The maximum absolute atomic E-state index is 12.2. The molecule has 7 heteroatoms. The van der Waals surface area contributed by atoms with E-state index >= 15 is 0 Å². The predicted molar refractivity (Wildman–Crippen MR) is 106 cm³/mol. The van der Waals surface area contributed by atoms with Crippen molar-refractivity contribution in [2.45, 2.75) is 11.3 Å². The summed E-state index contributed by atoms with van der Waals surface area (Å²) in [6, 6.07) is 9.58. The fourth-order valence-electron chi connectivity index (χ4n) is 2.67. The highest BCUT2D eigenvalue weighted by molar-refractivity contribution is 14.0. The van der Waals surface area contributed by atoms with Crippen LogP contribution >= 0.6 is 24.0 Å². The number of ether oxygens (including phenoxy) is 1. The fourth-order valence-corrected chi connectivity index (χ4v) is 3.66. The van der Waals surface area contributed by atoms with E-state index in [-0.39, 0.29) is 24.0 Å². The zero-order valence-electron chi connectivity index (χ0n) is 13.7. The van der Waals surface area contributed by atoms with Crippen LogP contribution in [0, 0.1) is 5.92 Å². The lowest BCUT2D eigenvalue weighted by Gasteiger charge is -2.21. The Morgan fingerprint density at radius 1 is 1.43 bits per heavy atom. The smallest absolute Gasteiger partial charge is 0.193 e. The number of methoxy groups -OCH3 is 1. The van der Waals surface area contributed by atoms with Crippen LogP contribution in [0.1, 0.15) is 6.42 Å². The predicted octanol–water partition coefficient (Wildman–Crippen LogP) is 1.96. The van der Waals surface area contributed by atoms with Gasteiger partial charge in [-0.3, -0.25) is 9.20 Å². The van der Waals surface area contributed by atoms with E-state index in [2.05, 4.69) is 15.2 Å². The van der Waals surface area contributed by atoms with Crippen molar-refractivity contribution in [1.82, 2.24) is 10.2 Å². The van der Waals surface area contributed by atoms with Crippen LogP contribution in [0.3, 0.4) is 0 Å². The number of benzene rings is 1. The minimum atomic E-state index is -0.969. The average Bonchev–Trinajstić information content (AvgIpc) is 3.01. The summed E-state index contributed by atoms with van der Waals surface area (Å²) in [6.07, 6.45) is 1.13. The molecule has 5 nitrogen and oxygen atoms in total. The van der Waals surface area contributed by atoms with E-state index in [0.29, 0.717) is 18.2 Å². The molecule has 0 saturated carbocycles. The molecule has 23 heavy (non-hydrogen) atoms. The first-order valence-electron chi connectivity index (χ1n) is 7.62. The first-order chi connectivity index (χ1) is 10.7. The Morgan fingerprint density at radius 2 is 2.17 bits per heavy atom. The molecule has 1 N–H and O–H groups in total. The quantitative estimate of drug-likeness (QED) is 0.408. The molecule has 1 heterocycles. The van der Waals surface area contributed by atoms with E-state index in [0.717, 1.165) is 37.0 Å². The number of rotatable bonds is 6. The molecule has 1 fully saturated rings. The van der Waals surface area contributed by atoms with Gasteiger partial charge in [-0.1, -0.05) is 18.2 Å². The molecule has 1 saturated heterocycles. The van der Waals surface area contributed by atoms with E-state index in [4.69, 9.17) is 4.74 Å². The topological polar surface area (TPSA) is 53.9 Å². The molecule has 2 atom stereocenters. The van der Waals surface area contributed by atoms with Gasteiger partial charge < -0.3 is 15.0 Å². The second-order valence-electron chi connectivity index (χ2n) is 5.39. The third-order valence-electron chi connectivity index (χ3n) is 3.78. The van der Waals surface area contributed by atoms with Crippen molar-refractivity contribution in [3.8, 4) is 0 Å². The molecule has 2 rings (SSSR count). The molecule has 0 aliphatic carbocycles. The Bertz CT molecular complexity index is 513. The fraction of sp³-hybridized carbons (Fsp3) is 0.562. The van der Waals surface area contributed by atoms with Gasteiger partial charge in [-0.15, -0.1) is 24.0 Å². The van der Waals surface area contributed by atoms with E-state index in [1.54, 1.807) is 14.2 Å². The minimum Gasteiger partial charge on any atom is -0.384 e. The van der Waals surface area contributed by atoms with Gasteiger partial charge in [0, 0.05) is 50.4 Å². The number of nitrogens with one attached hydrogen (secondary N) is 1. The number of likely N-dealkylation sites (tertiary alicyclic amines) is 1. The SMILES string of the molecule is CN=C(NCCS(=O)c1ccccc1)N1CCC(COC)C1.I. The summed E-state index contributed by atoms with van der Waals surface area (Å²) in [5.74, 6) is 2.05. The van der Waals surface area contributed by atoms with E-state index in [1.165, 1.54) is 0 Å². The number of halogens is 1. The van der Waals surface area contributed by atoms with Gasteiger partial charge in [0.25, 0.3) is 0 Å². The van der Waals surface area contributed by atoms with Gasteiger partial charge in [-0.05, 0) is 18.6 Å². The van der Waals surface area contributed by atoms with Crippen molar-refractivity contribution in [1.29, 1.82) is 0 Å². The van der Waals surface area contributed by atoms with Crippen LogP contribution in [0.2, 0.25) is 0 Å². The van der Waals surface area contributed by atoms with Crippen molar-refractivity contribution in [3.63, 3.8) is 0 Å². The van der Waals surface area contributed by atoms with Crippen LogP contribution in [-0.4, -0.2) is 61.2 Å². The molecule has 0 bridgehead atoms. The van der Waals surface area contributed by atoms with Crippen LogP contribution in [0.25, 0.3) is 0 Å². The van der Waals surface area contributed by atoms with Crippen molar-refractivity contribution in [3.05, 3.63) is 30.3 Å². The number of hydrogen-bond donors (Lipinski definition) is 1. The standard InChI is InChI=1S/C16H25N3O2S.HI/c1-17-16(19-10-8-14(12-19)13-21-2)18-9-11-22(20)15-6-4-3-5-7-15;/h3-7,14H,8-13H2,1-2H3,(H,17,18);1H. The molecule has 1 aromatic rings. The van der Waals surface area contributed by atoms with Crippen molar-refractivity contribution in [2.24, 2.45) is 10.9 Å². The number of guanidine groups is 1. The van der Waals surface area contributed by atoms with Gasteiger partial charge in [0.15, 0.2) is 5.96 Å². The van der Waals surface area contributed by atoms with Gasteiger partial charge in [0.05, 0.1) is 17.4 Å². The van der Waals surface area contributed by atoms with E-state index < -0.39 is 10.8 Å². The van der Waals surface area contributed by atoms with Crippen molar-refractivity contribution >= 4 is 40.7 Å². The Kier molecular flexibility index (Phi) is 9.73. The first kappa shape index (κ1) is 20.4. The lowest BCUT2D eigenvalue weighted by Crippen LogP contribution is -2.41. The molecule has 0 spiro atoms. The summed E-state index contributed by atoms with van der Waals surface area (Å²) >= 11 is 0. The molecular formula is C16H26IN3O2S. The summed E-state index contributed by atoms with van der Waals surface area (Å²) in [5.41, 5.74) is 0. The summed E-state index contributed by atoms with van der Waals surface area (Å²) in [5, 5.41) is 3.32. The van der Waals surface area contributed by atoms with Gasteiger partial charge >= 0.3 is 0 Å². The molecule has 1 aromatic carbocycles. The molecular weight excluding hydrogens is 425 g/mol. The maximum Gasteiger partial charge on any atom is 0.193 e. The van der Waals surface area contributed by atoms with Crippen LogP contribution in [0.5, 0.6) is 0 Å². The molecule has 130 valence electrons. The summed E-state index contributed by atoms with van der Waals surface area (Å²) in [6.45, 7) is 3.41. The molecule has 0 amide bonds. The Balaban J connectivity index is 0.00000264. The molecule has 1 aliphatic rings. The van der Waals surface area contributed by atoms with Gasteiger partial charge in [0.2, 0.25) is 0 Å². The lowest BCUT2D eigenvalue weighted by atomic mass is 10.1. The van der Waals surface area contributed by atoms with Crippen LogP contribution in [0.15, 0.2) is 40.2 Å². The van der Waals surface area contributed by atoms with Crippen LogP contribution in [0.4, 0.5) is 0 Å². The third-order valence-corrected chi connectivity index (χ3v) is 5.15. The van der Waals surface area contributed by atoms with Crippen molar-refractivity contribution in [2.75, 3.05) is 46.2 Å². The van der Waals surface area contributed by atoms with Crippen LogP contribution in [-0.2, 0) is 15.5 Å². The second-order valence-corrected chi connectivity index (χ2v) is 6.96. The molecule has 0 aromatic heterocycles. The molecule has 1 aliphatic heterocycles. The third kappa shape index (κ3) is 6.39. The highest BCUT2D eigenvalue weighted by atomic mass is 127. The van der Waals surface area contributed by atoms with Crippen LogP contribution < -0.4 is 5.32 Å². The Morgan fingerprint density at radius 3 is 2.83 bits per heavy atom. The first-order valence-corrected chi connectivity index (χ1v) is 8.94. The highest BCUT2D eigenvalue weighted by Gasteiger charge is 2.24. The van der Waals surface area contributed by atoms with Gasteiger partial charge in [-0.2, -0.15) is 0 Å². The zero-order valence-corrected chi connectivity index (χ0v) is 16.9. The maximum atomic E-state index is 12.2. The Labute approximate surface area is 158 Å². The minimum absolute atomic E-state index is 0. The zero-order chi connectivity index (χ0) is 15.8. The second kappa shape index (κ2) is 11.0. The number of aliphatic imine (C=N–C) groups is 1. The summed E-state index contributed by atoms with van der Waals surface area (Å²) in [7, 11) is 2.57. The van der Waals surface area contributed by atoms with E-state index in [9.17, 15) is 4.21 Å². The number of nitrogens with zero attached hydrogens (tertiary/aromatic N) is 2. The van der Waals surface area contributed by atoms with Gasteiger partial charge in [-0.25, -0.2) is 0 Å². The monoisotopic (exact) mass is 451 g/mol. The van der Waals surface area contributed by atoms with E-state index in [1.807, 2.05) is 30.3 Å².